The topological polar surface area (TPSA) is 77.1 Å². The largest absolute Gasteiger partial charge is 0.479 e. The highest BCUT2D eigenvalue weighted by Gasteiger charge is 2.09. The van der Waals surface area contributed by atoms with Gasteiger partial charge in [0.05, 0.1) is 13.3 Å². The standard InChI is InChI=1S/C9H9N3O3/c1-5(13)15-7-3-6-4-10-12-8(6)9(11-7)14-2/h3-4H,1-2H3,(H,10,12). The normalized spacial score (nSPS) is 10.3. The lowest BCUT2D eigenvalue weighted by Gasteiger charge is -2.03. The lowest BCUT2D eigenvalue weighted by Crippen LogP contribution is -2.03. The Balaban J connectivity index is 2.53. The molecule has 2 aromatic rings. The number of hydrogen-bond acceptors (Lipinski definition) is 5. The number of methoxy groups -OCH3 is 1. The molecule has 0 aliphatic rings. The third-order valence-electron chi connectivity index (χ3n) is 1.81. The van der Waals surface area contributed by atoms with E-state index in [1.54, 1.807) is 12.3 Å². The third-order valence-corrected chi connectivity index (χ3v) is 1.81. The van der Waals surface area contributed by atoms with Crippen molar-refractivity contribution in [2.75, 3.05) is 7.11 Å². The van der Waals surface area contributed by atoms with Gasteiger partial charge in [-0.1, -0.05) is 0 Å². The SMILES string of the molecule is COc1nc(OC(C)=O)cc2cn[nH]c12. The fourth-order valence-corrected chi connectivity index (χ4v) is 1.24. The fraction of sp³-hybridized carbons (Fsp3) is 0.222. The molecule has 0 fully saturated rings. The van der Waals surface area contributed by atoms with Gasteiger partial charge in [-0.25, -0.2) is 0 Å². The van der Waals surface area contributed by atoms with Gasteiger partial charge in [0.2, 0.25) is 11.8 Å². The Bertz CT molecular complexity index is 506. The Labute approximate surface area is 85.2 Å². The van der Waals surface area contributed by atoms with Gasteiger partial charge in [0, 0.05) is 18.4 Å². The first kappa shape index (κ1) is 9.45. The molecule has 0 radical (unpaired) electrons. The van der Waals surface area contributed by atoms with Crippen molar-refractivity contribution in [1.29, 1.82) is 0 Å². The number of ether oxygens (including phenoxy) is 2. The van der Waals surface area contributed by atoms with Crippen molar-refractivity contribution in [2.45, 2.75) is 6.92 Å². The number of aromatic amines is 1. The zero-order valence-electron chi connectivity index (χ0n) is 8.27. The number of aromatic nitrogens is 3. The van der Waals surface area contributed by atoms with Crippen molar-refractivity contribution >= 4 is 16.9 Å². The Morgan fingerprint density at radius 2 is 2.33 bits per heavy atom. The van der Waals surface area contributed by atoms with Crippen LogP contribution in [-0.4, -0.2) is 28.3 Å². The van der Waals surface area contributed by atoms with Gasteiger partial charge in [0.1, 0.15) is 5.52 Å². The van der Waals surface area contributed by atoms with Crippen LogP contribution in [0.5, 0.6) is 11.8 Å². The molecule has 0 amide bonds. The number of hydrogen-bond donors (Lipinski definition) is 1. The van der Waals surface area contributed by atoms with Gasteiger partial charge >= 0.3 is 5.97 Å². The van der Waals surface area contributed by atoms with E-state index in [-0.39, 0.29) is 5.88 Å². The van der Waals surface area contributed by atoms with E-state index in [1.165, 1.54) is 14.0 Å². The molecule has 15 heavy (non-hydrogen) atoms. The van der Waals surface area contributed by atoms with Gasteiger partial charge in [-0.3, -0.25) is 9.89 Å². The third kappa shape index (κ3) is 1.74. The van der Waals surface area contributed by atoms with Crippen LogP contribution >= 0.6 is 0 Å². The molecule has 2 heterocycles. The molecular formula is C9H9N3O3. The molecule has 6 nitrogen and oxygen atoms in total. The molecule has 0 saturated heterocycles. The molecule has 0 saturated carbocycles. The number of pyridine rings is 1. The van der Waals surface area contributed by atoms with Crippen LogP contribution in [0.25, 0.3) is 10.9 Å². The maximum Gasteiger partial charge on any atom is 0.309 e. The second-order valence-corrected chi connectivity index (χ2v) is 2.90. The van der Waals surface area contributed by atoms with Gasteiger partial charge in [0.15, 0.2) is 0 Å². The van der Waals surface area contributed by atoms with Gasteiger partial charge in [-0.05, 0) is 0 Å². The van der Waals surface area contributed by atoms with Crippen LogP contribution in [-0.2, 0) is 4.79 Å². The lowest BCUT2D eigenvalue weighted by atomic mass is 10.3. The summed E-state index contributed by atoms with van der Waals surface area (Å²) < 4.78 is 9.90. The number of nitrogens with one attached hydrogen (secondary N) is 1. The Hall–Kier alpha value is -2.11. The smallest absolute Gasteiger partial charge is 0.309 e. The molecule has 0 aliphatic heterocycles. The van der Waals surface area contributed by atoms with Crippen LogP contribution in [0, 0.1) is 0 Å². The van der Waals surface area contributed by atoms with Crippen LogP contribution in [0.4, 0.5) is 0 Å². The number of nitrogens with zero attached hydrogens (tertiary/aromatic N) is 2. The van der Waals surface area contributed by atoms with E-state index in [1.807, 2.05) is 0 Å². The molecule has 0 atom stereocenters. The van der Waals surface area contributed by atoms with Crippen molar-refractivity contribution in [3.05, 3.63) is 12.3 Å². The first-order valence-corrected chi connectivity index (χ1v) is 4.27. The molecule has 0 unspecified atom stereocenters. The summed E-state index contributed by atoms with van der Waals surface area (Å²) in [5.74, 6) is 0.127. The van der Waals surface area contributed by atoms with Crippen LogP contribution < -0.4 is 9.47 Å². The van der Waals surface area contributed by atoms with Crippen LogP contribution in [0.2, 0.25) is 0 Å². The molecule has 0 aromatic carbocycles. The maximum atomic E-state index is 10.8. The molecule has 1 N–H and O–H groups in total. The highest BCUT2D eigenvalue weighted by molar-refractivity contribution is 5.84. The van der Waals surface area contributed by atoms with Crippen molar-refractivity contribution in [1.82, 2.24) is 15.2 Å². The van der Waals surface area contributed by atoms with Crippen LogP contribution in [0.3, 0.4) is 0 Å². The van der Waals surface area contributed by atoms with E-state index in [2.05, 4.69) is 15.2 Å². The highest BCUT2D eigenvalue weighted by atomic mass is 16.5. The van der Waals surface area contributed by atoms with E-state index in [0.717, 1.165) is 5.39 Å². The first-order chi connectivity index (χ1) is 7.20. The van der Waals surface area contributed by atoms with E-state index >= 15 is 0 Å². The van der Waals surface area contributed by atoms with Gasteiger partial charge in [-0.15, -0.1) is 0 Å². The van der Waals surface area contributed by atoms with E-state index in [9.17, 15) is 4.79 Å². The molecule has 0 spiro atoms. The minimum absolute atomic E-state index is 0.202. The van der Waals surface area contributed by atoms with E-state index in [4.69, 9.17) is 9.47 Å². The number of H-pyrrole nitrogens is 1. The number of carbonyl (C=O) groups is 1. The second-order valence-electron chi connectivity index (χ2n) is 2.90. The number of esters is 1. The Morgan fingerprint density at radius 1 is 1.53 bits per heavy atom. The zero-order valence-corrected chi connectivity index (χ0v) is 8.27. The van der Waals surface area contributed by atoms with Crippen LogP contribution in [0.1, 0.15) is 6.92 Å². The highest BCUT2D eigenvalue weighted by Crippen LogP contribution is 2.25. The molecule has 2 rings (SSSR count). The molecule has 0 aliphatic carbocycles. The number of carbonyl (C=O) groups excluding carboxylic acids is 1. The predicted octanol–water partition coefficient (Wildman–Crippen LogP) is 0.892. The Kier molecular flexibility index (Phi) is 2.24. The summed E-state index contributed by atoms with van der Waals surface area (Å²) in [7, 11) is 1.49. The van der Waals surface area contributed by atoms with Crippen molar-refractivity contribution < 1.29 is 14.3 Å². The first-order valence-electron chi connectivity index (χ1n) is 4.27. The van der Waals surface area contributed by atoms with Crippen molar-refractivity contribution in [3.8, 4) is 11.8 Å². The number of rotatable bonds is 2. The molecule has 2 aromatic heterocycles. The summed E-state index contributed by atoms with van der Waals surface area (Å²) in [4.78, 5) is 14.8. The molecule has 6 heteroatoms. The summed E-state index contributed by atoms with van der Waals surface area (Å²) in [6.07, 6.45) is 1.60. The van der Waals surface area contributed by atoms with Gasteiger partial charge in [-0.2, -0.15) is 10.1 Å². The summed E-state index contributed by atoms with van der Waals surface area (Å²) in [6, 6.07) is 1.61. The summed E-state index contributed by atoms with van der Waals surface area (Å²) >= 11 is 0. The zero-order chi connectivity index (χ0) is 10.8. The Morgan fingerprint density at radius 3 is 3.00 bits per heavy atom. The second kappa shape index (κ2) is 3.56. The number of fused-ring (bicyclic) bond motifs is 1. The summed E-state index contributed by atoms with van der Waals surface area (Å²) in [5.41, 5.74) is 0.674. The van der Waals surface area contributed by atoms with Gasteiger partial charge < -0.3 is 9.47 Å². The lowest BCUT2D eigenvalue weighted by molar-refractivity contribution is -0.132. The maximum absolute atomic E-state index is 10.8. The molecular weight excluding hydrogens is 198 g/mol. The quantitative estimate of drug-likeness (QED) is 0.740. The van der Waals surface area contributed by atoms with Crippen molar-refractivity contribution in [2.24, 2.45) is 0 Å². The van der Waals surface area contributed by atoms with E-state index < -0.39 is 5.97 Å². The van der Waals surface area contributed by atoms with Crippen LogP contribution in [0.15, 0.2) is 12.3 Å². The fourth-order valence-electron chi connectivity index (χ4n) is 1.24. The minimum Gasteiger partial charge on any atom is -0.479 e. The molecule has 0 bridgehead atoms. The average molecular weight is 207 g/mol. The van der Waals surface area contributed by atoms with Crippen molar-refractivity contribution in [3.63, 3.8) is 0 Å². The molecule has 78 valence electrons. The summed E-state index contributed by atoms with van der Waals surface area (Å²) in [5, 5.41) is 7.36. The summed E-state index contributed by atoms with van der Waals surface area (Å²) in [6.45, 7) is 1.31. The monoisotopic (exact) mass is 207 g/mol. The minimum atomic E-state index is -0.424. The average Bonchev–Trinajstić information content (AvgIpc) is 2.63. The van der Waals surface area contributed by atoms with Gasteiger partial charge in [0.25, 0.3) is 0 Å². The predicted molar refractivity (Wildman–Crippen MR) is 51.7 cm³/mol. The van der Waals surface area contributed by atoms with E-state index in [0.29, 0.717) is 11.4 Å².